The van der Waals surface area contributed by atoms with E-state index in [0.29, 0.717) is 23.8 Å². The fourth-order valence-corrected chi connectivity index (χ4v) is 4.58. The summed E-state index contributed by atoms with van der Waals surface area (Å²) in [5.74, 6) is 0.750. The van der Waals surface area contributed by atoms with Gasteiger partial charge < -0.3 is 25.0 Å². The molecule has 30 heavy (non-hydrogen) atoms. The van der Waals surface area contributed by atoms with Gasteiger partial charge >= 0.3 is 0 Å². The summed E-state index contributed by atoms with van der Waals surface area (Å²) in [5, 5.41) is 29.9. The Balaban J connectivity index is 1.71. The molecular formula is C21H31N5O4. The Labute approximate surface area is 176 Å². The molecule has 1 aliphatic carbocycles. The predicted molar refractivity (Wildman–Crippen MR) is 112 cm³/mol. The number of aromatic nitrogens is 4. The molecular weight excluding hydrogens is 386 g/mol. The van der Waals surface area contributed by atoms with Gasteiger partial charge in [0.2, 0.25) is 0 Å². The van der Waals surface area contributed by atoms with Gasteiger partial charge in [0, 0.05) is 12.6 Å². The van der Waals surface area contributed by atoms with Crippen molar-refractivity contribution < 1.29 is 20.1 Å². The van der Waals surface area contributed by atoms with Crippen LogP contribution in [0.4, 0.5) is 5.82 Å². The van der Waals surface area contributed by atoms with Crippen LogP contribution >= 0.6 is 0 Å². The Hall–Kier alpha value is -2.07. The van der Waals surface area contributed by atoms with Crippen LogP contribution in [0.25, 0.3) is 11.2 Å². The number of nitrogens with zero attached hydrogens (tertiary/aromatic N) is 5. The Kier molecular flexibility index (Phi) is 6.33. The normalized spacial score (nSPS) is 28.0. The van der Waals surface area contributed by atoms with E-state index in [9.17, 15) is 15.3 Å². The molecule has 0 bridgehead atoms. The van der Waals surface area contributed by atoms with Crippen molar-refractivity contribution >= 4 is 17.0 Å². The van der Waals surface area contributed by atoms with E-state index in [4.69, 9.17) is 4.74 Å². The molecule has 4 rings (SSSR count). The van der Waals surface area contributed by atoms with Crippen LogP contribution in [0.1, 0.15) is 51.7 Å². The lowest BCUT2D eigenvalue weighted by atomic mass is 10.1. The zero-order valence-electron chi connectivity index (χ0n) is 17.4. The van der Waals surface area contributed by atoms with Crippen molar-refractivity contribution in [3.63, 3.8) is 0 Å². The Bertz CT molecular complexity index is 879. The molecule has 9 heteroatoms. The first-order valence-electron chi connectivity index (χ1n) is 10.7. The van der Waals surface area contributed by atoms with Gasteiger partial charge in [0.25, 0.3) is 0 Å². The zero-order valence-corrected chi connectivity index (χ0v) is 17.4. The molecule has 0 radical (unpaired) electrons. The SMILES string of the molecule is C=C(C)CN(c1ncnc2c1ncn2[C@@H]1O[C@H](CO)[C@@H](O)[C@H]1O)C1CCCCCC1. The Morgan fingerprint density at radius 2 is 1.90 bits per heavy atom. The summed E-state index contributed by atoms with van der Waals surface area (Å²) >= 11 is 0. The van der Waals surface area contributed by atoms with Crippen LogP contribution in [0.5, 0.6) is 0 Å². The standard InChI is InChI=1S/C21H31N5O4/c1-13(2)9-25(14-7-5-3-4-6-8-14)19-16-20(23-11-22-19)26(12-24-16)21-18(29)17(28)15(10-27)30-21/h11-12,14-15,17-18,21,27-29H,1,3-10H2,2H3/t15-,17-,18-,21-/m1/s1. The molecule has 0 spiro atoms. The molecule has 2 aromatic rings. The highest BCUT2D eigenvalue weighted by Gasteiger charge is 2.44. The predicted octanol–water partition coefficient (Wildman–Crippen LogP) is 1.54. The molecule has 2 aromatic heterocycles. The van der Waals surface area contributed by atoms with Crippen molar-refractivity contribution in [3.05, 3.63) is 24.8 Å². The molecule has 3 heterocycles. The molecule has 0 aromatic carbocycles. The number of aliphatic hydroxyl groups is 3. The van der Waals surface area contributed by atoms with Gasteiger partial charge in [0.05, 0.1) is 12.9 Å². The number of hydrogen-bond donors (Lipinski definition) is 3. The molecule has 9 nitrogen and oxygen atoms in total. The Morgan fingerprint density at radius 1 is 1.17 bits per heavy atom. The quantitative estimate of drug-likeness (QED) is 0.479. The van der Waals surface area contributed by atoms with Gasteiger partial charge in [-0.3, -0.25) is 4.57 Å². The molecule has 0 unspecified atom stereocenters. The maximum absolute atomic E-state index is 10.4. The van der Waals surface area contributed by atoms with E-state index in [0.717, 1.165) is 24.2 Å². The number of ether oxygens (including phenoxy) is 1. The average Bonchev–Trinajstić information content (AvgIpc) is 3.14. The van der Waals surface area contributed by atoms with Crippen molar-refractivity contribution in [1.29, 1.82) is 0 Å². The first-order valence-corrected chi connectivity index (χ1v) is 10.7. The largest absolute Gasteiger partial charge is 0.394 e. The van der Waals surface area contributed by atoms with Gasteiger partial charge in [0.1, 0.15) is 24.6 Å². The first kappa shape index (κ1) is 21.2. The molecule has 164 valence electrons. The van der Waals surface area contributed by atoms with Crippen LogP contribution < -0.4 is 4.90 Å². The number of anilines is 1. The molecule has 4 atom stereocenters. The third-order valence-corrected chi connectivity index (χ3v) is 6.11. The topological polar surface area (TPSA) is 117 Å². The van der Waals surface area contributed by atoms with E-state index in [1.165, 1.54) is 32.0 Å². The van der Waals surface area contributed by atoms with Crippen LogP contribution in [0.15, 0.2) is 24.8 Å². The molecule has 2 fully saturated rings. The van der Waals surface area contributed by atoms with E-state index in [1.54, 1.807) is 10.9 Å². The first-order chi connectivity index (χ1) is 14.5. The summed E-state index contributed by atoms with van der Waals surface area (Å²) in [4.78, 5) is 15.8. The number of fused-ring (bicyclic) bond motifs is 1. The maximum atomic E-state index is 10.4. The maximum Gasteiger partial charge on any atom is 0.167 e. The molecule has 0 amide bonds. The second kappa shape index (κ2) is 8.97. The van der Waals surface area contributed by atoms with E-state index in [1.807, 2.05) is 6.92 Å². The van der Waals surface area contributed by atoms with E-state index >= 15 is 0 Å². The summed E-state index contributed by atoms with van der Waals surface area (Å²) in [7, 11) is 0. The van der Waals surface area contributed by atoms with E-state index < -0.39 is 24.5 Å². The summed E-state index contributed by atoms with van der Waals surface area (Å²) in [5.41, 5.74) is 2.20. The molecule has 1 saturated heterocycles. The van der Waals surface area contributed by atoms with Crippen LogP contribution in [0.3, 0.4) is 0 Å². The van der Waals surface area contributed by atoms with Crippen molar-refractivity contribution in [2.75, 3.05) is 18.1 Å². The third-order valence-electron chi connectivity index (χ3n) is 6.11. The number of rotatable bonds is 6. The number of imidazole rings is 1. The summed E-state index contributed by atoms with van der Waals surface area (Å²) in [6, 6.07) is 0.362. The van der Waals surface area contributed by atoms with Crippen molar-refractivity contribution in [1.82, 2.24) is 19.5 Å². The van der Waals surface area contributed by atoms with Gasteiger partial charge in [-0.1, -0.05) is 37.8 Å². The second-order valence-corrected chi connectivity index (χ2v) is 8.48. The molecule has 2 aliphatic rings. The fourth-order valence-electron chi connectivity index (χ4n) is 4.58. The summed E-state index contributed by atoms with van der Waals surface area (Å²) < 4.78 is 7.28. The lowest BCUT2D eigenvalue weighted by molar-refractivity contribution is -0.0511. The highest BCUT2D eigenvalue weighted by atomic mass is 16.6. The van der Waals surface area contributed by atoms with Crippen LogP contribution in [0, 0.1) is 0 Å². The van der Waals surface area contributed by atoms with Crippen LogP contribution in [0.2, 0.25) is 0 Å². The minimum Gasteiger partial charge on any atom is -0.394 e. The van der Waals surface area contributed by atoms with Crippen molar-refractivity contribution in [3.8, 4) is 0 Å². The van der Waals surface area contributed by atoms with Gasteiger partial charge in [-0.25, -0.2) is 15.0 Å². The molecule has 1 aliphatic heterocycles. The van der Waals surface area contributed by atoms with Gasteiger partial charge in [-0.05, 0) is 19.8 Å². The van der Waals surface area contributed by atoms with E-state index in [-0.39, 0.29) is 6.61 Å². The zero-order chi connectivity index (χ0) is 21.3. The van der Waals surface area contributed by atoms with Gasteiger partial charge in [0.15, 0.2) is 23.2 Å². The van der Waals surface area contributed by atoms with Crippen LogP contribution in [-0.4, -0.2) is 72.3 Å². The minimum atomic E-state index is -1.19. The minimum absolute atomic E-state index is 0.362. The third kappa shape index (κ3) is 3.94. The van der Waals surface area contributed by atoms with Crippen molar-refractivity contribution in [2.24, 2.45) is 0 Å². The highest BCUT2D eigenvalue weighted by molar-refractivity contribution is 5.83. The molecule has 1 saturated carbocycles. The number of hydrogen-bond acceptors (Lipinski definition) is 8. The van der Waals surface area contributed by atoms with Crippen LogP contribution in [-0.2, 0) is 4.74 Å². The number of aliphatic hydroxyl groups excluding tert-OH is 3. The van der Waals surface area contributed by atoms with Crippen molar-refractivity contribution in [2.45, 2.75) is 76.0 Å². The lowest BCUT2D eigenvalue weighted by Gasteiger charge is -2.32. The fraction of sp³-hybridized carbons (Fsp3) is 0.667. The lowest BCUT2D eigenvalue weighted by Crippen LogP contribution is -2.37. The highest BCUT2D eigenvalue weighted by Crippen LogP contribution is 2.34. The van der Waals surface area contributed by atoms with Gasteiger partial charge in [-0.2, -0.15) is 0 Å². The van der Waals surface area contributed by atoms with E-state index in [2.05, 4.69) is 26.4 Å². The monoisotopic (exact) mass is 417 g/mol. The Morgan fingerprint density at radius 3 is 2.53 bits per heavy atom. The summed E-state index contributed by atoms with van der Waals surface area (Å²) in [6.45, 7) is 6.43. The smallest absolute Gasteiger partial charge is 0.167 e. The molecule has 3 N–H and O–H groups in total. The van der Waals surface area contributed by atoms with Gasteiger partial charge in [-0.15, -0.1) is 0 Å². The summed E-state index contributed by atoms with van der Waals surface area (Å²) in [6.07, 6.45) is 6.08. The second-order valence-electron chi connectivity index (χ2n) is 8.48. The average molecular weight is 418 g/mol.